The van der Waals surface area contributed by atoms with E-state index < -0.39 is 12.0 Å². The number of halogens is 1. The molecule has 1 aromatic carbocycles. The summed E-state index contributed by atoms with van der Waals surface area (Å²) in [6.45, 7) is 2.80. The molecule has 0 unspecified atom stereocenters. The summed E-state index contributed by atoms with van der Waals surface area (Å²) >= 11 is 6.17. The van der Waals surface area contributed by atoms with Crippen molar-refractivity contribution >= 4 is 23.5 Å². The first kappa shape index (κ1) is 17.1. The molecule has 1 fully saturated rings. The zero-order valence-corrected chi connectivity index (χ0v) is 15.1. The van der Waals surface area contributed by atoms with Crippen molar-refractivity contribution in [1.29, 1.82) is 0 Å². The van der Waals surface area contributed by atoms with Crippen LogP contribution in [0.5, 0.6) is 0 Å². The van der Waals surface area contributed by atoms with E-state index in [1.165, 1.54) is 6.33 Å². The fraction of sp³-hybridized carbons (Fsp3) is 0.389. The maximum absolute atomic E-state index is 12.9. The summed E-state index contributed by atoms with van der Waals surface area (Å²) in [5, 5.41) is 7.99. The first-order valence-electron chi connectivity index (χ1n) is 8.55. The van der Waals surface area contributed by atoms with Gasteiger partial charge in [0, 0.05) is 17.3 Å². The predicted octanol–water partition coefficient (Wildman–Crippen LogP) is 2.94. The van der Waals surface area contributed by atoms with Gasteiger partial charge in [-0.3, -0.25) is 0 Å². The molecule has 8 heteroatoms. The number of hydrogen-bond acceptors (Lipinski definition) is 6. The molecule has 1 saturated heterocycles. The zero-order valence-electron chi connectivity index (χ0n) is 14.3. The molecule has 4 rings (SSSR count). The van der Waals surface area contributed by atoms with Crippen molar-refractivity contribution in [2.45, 2.75) is 31.9 Å². The van der Waals surface area contributed by atoms with Gasteiger partial charge in [-0.2, -0.15) is 10.1 Å². The lowest BCUT2D eigenvalue weighted by Crippen LogP contribution is -2.30. The van der Waals surface area contributed by atoms with Crippen LogP contribution in [-0.4, -0.2) is 40.1 Å². The molecule has 0 spiro atoms. The van der Waals surface area contributed by atoms with Crippen LogP contribution in [-0.2, 0) is 14.3 Å². The Labute approximate surface area is 156 Å². The van der Waals surface area contributed by atoms with Gasteiger partial charge in [-0.05, 0) is 37.5 Å². The molecule has 26 heavy (non-hydrogen) atoms. The van der Waals surface area contributed by atoms with Gasteiger partial charge in [-0.1, -0.05) is 23.7 Å². The third-order valence-electron chi connectivity index (χ3n) is 4.60. The quantitative estimate of drug-likeness (QED) is 0.829. The van der Waals surface area contributed by atoms with E-state index in [0.29, 0.717) is 22.2 Å². The van der Waals surface area contributed by atoms with Crippen molar-refractivity contribution in [3.8, 4) is 0 Å². The highest BCUT2D eigenvalue weighted by molar-refractivity contribution is 6.30. The molecule has 7 nitrogen and oxygen atoms in total. The molecule has 1 aromatic heterocycles. The first-order valence-corrected chi connectivity index (χ1v) is 8.93. The SMILES string of the molecule is CC1=C(C(=O)OC[C@H]2CCCO2)[C@H](c2cccc(Cl)c2)n2ncnc2N1. The van der Waals surface area contributed by atoms with Crippen molar-refractivity contribution in [3.63, 3.8) is 0 Å². The van der Waals surface area contributed by atoms with Gasteiger partial charge in [0.25, 0.3) is 0 Å². The maximum atomic E-state index is 12.9. The minimum Gasteiger partial charge on any atom is -0.459 e. The Bertz CT molecular complexity index is 858. The molecule has 2 atom stereocenters. The maximum Gasteiger partial charge on any atom is 0.338 e. The van der Waals surface area contributed by atoms with E-state index in [-0.39, 0.29) is 12.7 Å². The molecule has 0 bridgehead atoms. The summed E-state index contributed by atoms with van der Waals surface area (Å²) in [7, 11) is 0. The number of fused-ring (bicyclic) bond motifs is 1. The molecule has 2 aromatic rings. The number of benzene rings is 1. The number of hydrogen-bond donors (Lipinski definition) is 1. The highest BCUT2D eigenvalue weighted by atomic mass is 35.5. The highest BCUT2D eigenvalue weighted by Crippen LogP contribution is 2.36. The molecule has 0 aliphatic carbocycles. The predicted molar refractivity (Wildman–Crippen MR) is 95.9 cm³/mol. The topological polar surface area (TPSA) is 78.3 Å². The Kier molecular flexibility index (Phi) is 4.65. The minimum absolute atomic E-state index is 0.0250. The number of carbonyl (C=O) groups excluding carboxylic acids is 1. The van der Waals surface area contributed by atoms with E-state index in [9.17, 15) is 4.79 Å². The second-order valence-corrected chi connectivity index (χ2v) is 6.82. The van der Waals surface area contributed by atoms with Crippen LogP contribution in [0.4, 0.5) is 5.95 Å². The summed E-state index contributed by atoms with van der Waals surface area (Å²) in [5.41, 5.74) is 2.02. The number of anilines is 1. The van der Waals surface area contributed by atoms with E-state index in [2.05, 4.69) is 15.4 Å². The van der Waals surface area contributed by atoms with Crippen LogP contribution in [0, 0.1) is 0 Å². The van der Waals surface area contributed by atoms with Crippen LogP contribution in [0.1, 0.15) is 31.4 Å². The molecule has 136 valence electrons. The largest absolute Gasteiger partial charge is 0.459 e. The van der Waals surface area contributed by atoms with Crippen LogP contribution in [0.2, 0.25) is 5.02 Å². The second-order valence-electron chi connectivity index (χ2n) is 6.38. The van der Waals surface area contributed by atoms with Crippen LogP contribution in [0.3, 0.4) is 0 Å². The van der Waals surface area contributed by atoms with Gasteiger partial charge in [0.15, 0.2) is 0 Å². The van der Waals surface area contributed by atoms with Gasteiger partial charge in [0.2, 0.25) is 5.95 Å². The number of carbonyl (C=O) groups is 1. The Morgan fingerprint density at radius 1 is 1.50 bits per heavy atom. The van der Waals surface area contributed by atoms with Crippen molar-refractivity contribution in [2.24, 2.45) is 0 Å². The van der Waals surface area contributed by atoms with Gasteiger partial charge >= 0.3 is 5.97 Å². The number of nitrogens with one attached hydrogen (secondary N) is 1. The number of esters is 1. The summed E-state index contributed by atoms with van der Waals surface area (Å²) < 4.78 is 12.8. The third-order valence-corrected chi connectivity index (χ3v) is 4.84. The van der Waals surface area contributed by atoms with Crippen molar-refractivity contribution in [2.75, 3.05) is 18.5 Å². The minimum atomic E-state index is -0.454. The van der Waals surface area contributed by atoms with E-state index >= 15 is 0 Å². The van der Waals surface area contributed by atoms with E-state index in [0.717, 1.165) is 25.0 Å². The van der Waals surface area contributed by atoms with Gasteiger partial charge in [-0.15, -0.1) is 0 Å². The Morgan fingerprint density at radius 2 is 2.38 bits per heavy atom. The lowest BCUT2D eigenvalue weighted by molar-refractivity contribution is -0.142. The molecule has 2 aliphatic rings. The number of nitrogens with zero attached hydrogens (tertiary/aromatic N) is 3. The smallest absolute Gasteiger partial charge is 0.338 e. The lowest BCUT2D eigenvalue weighted by atomic mass is 9.96. The van der Waals surface area contributed by atoms with Gasteiger partial charge in [0.05, 0.1) is 11.7 Å². The monoisotopic (exact) mass is 374 g/mol. The fourth-order valence-corrected chi connectivity index (χ4v) is 3.56. The average Bonchev–Trinajstić information content (AvgIpc) is 3.29. The Hall–Kier alpha value is -2.38. The van der Waals surface area contributed by atoms with E-state index in [1.807, 2.05) is 25.1 Å². The van der Waals surface area contributed by atoms with Crippen LogP contribution < -0.4 is 5.32 Å². The van der Waals surface area contributed by atoms with Gasteiger partial charge < -0.3 is 14.8 Å². The van der Waals surface area contributed by atoms with Gasteiger partial charge in [-0.25, -0.2) is 9.48 Å². The van der Waals surface area contributed by atoms with E-state index in [1.54, 1.807) is 10.7 Å². The standard InChI is InChI=1S/C18H19ClN4O3/c1-11-15(17(24)26-9-14-6-3-7-25-14)16(12-4-2-5-13(19)8-12)23-18(22-11)20-10-21-23/h2,4-5,8,10,14,16H,3,6-7,9H2,1H3,(H,20,21,22)/t14-,16+/m1/s1. The molecule has 2 aliphatic heterocycles. The van der Waals surface area contributed by atoms with Crippen LogP contribution in [0.15, 0.2) is 41.9 Å². The summed E-state index contributed by atoms with van der Waals surface area (Å²) in [4.78, 5) is 17.1. The number of rotatable bonds is 4. The molecular weight excluding hydrogens is 356 g/mol. The molecule has 0 radical (unpaired) electrons. The van der Waals surface area contributed by atoms with Crippen LogP contribution in [0.25, 0.3) is 0 Å². The number of aromatic nitrogens is 3. The van der Waals surface area contributed by atoms with Crippen molar-refractivity contribution in [3.05, 3.63) is 52.4 Å². The fourth-order valence-electron chi connectivity index (χ4n) is 3.36. The lowest BCUT2D eigenvalue weighted by Gasteiger charge is -2.28. The molecule has 3 heterocycles. The summed E-state index contributed by atoms with van der Waals surface area (Å²) in [6.07, 6.45) is 3.34. The van der Waals surface area contributed by atoms with Crippen molar-refractivity contribution < 1.29 is 14.3 Å². The third kappa shape index (κ3) is 3.20. The molecule has 0 amide bonds. The molecule has 1 N–H and O–H groups in total. The molecular formula is C18H19ClN4O3. The highest BCUT2D eigenvalue weighted by Gasteiger charge is 2.34. The van der Waals surface area contributed by atoms with Crippen molar-refractivity contribution in [1.82, 2.24) is 14.8 Å². The van der Waals surface area contributed by atoms with Gasteiger partial charge in [0.1, 0.15) is 19.0 Å². The first-order chi connectivity index (χ1) is 12.6. The normalized spacial score (nSPS) is 22.1. The molecule has 0 saturated carbocycles. The summed E-state index contributed by atoms with van der Waals surface area (Å²) in [6, 6.07) is 6.92. The number of ether oxygens (including phenoxy) is 2. The Morgan fingerprint density at radius 3 is 3.15 bits per heavy atom. The Balaban J connectivity index is 1.66. The van der Waals surface area contributed by atoms with E-state index in [4.69, 9.17) is 21.1 Å². The zero-order chi connectivity index (χ0) is 18.1. The van der Waals surface area contributed by atoms with Crippen LogP contribution >= 0.6 is 11.6 Å². The summed E-state index contributed by atoms with van der Waals surface area (Å²) in [5.74, 6) is 0.180. The second kappa shape index (κ2) is 7.09. The number of allylic oxidation sites excluding steroid dienone is 1. The average molecular weight is 375 g/mol.